The molecule has 2 N–H and O–H groups in total. The zero-order chi connectivity index (χ0) is 24.6. The molecule has 0 bridgehead atoms. The molecule has 1 aromatic rings. The molecule has 188 valence electrons. The van der Waals surface area contributed by atoms with E-state index in [1.165, 1.54) is 0 Å². The summed E-state index contributed by atoms with van der Waals surface area (Å²) in [6.45, 7) is 13.4. The van der Waals surface area contributed by atoms with E-state index in [2.05, 4.69) is 4.90 Å². The molecular weight excluding hydrogens is 432 g/mol. The van der Waals surface area contributed by atoms with Crippen LogP contribution in [0.1, 0.15) is 76.2 Å². The predicted molar refractivity (Wildman–Crippen MR) is 132 cm³/mol. The Hall–Kier alpha value is -2.48. The van der Waals surface area contributed by atoms with Gasteiger partial charge in [-0.05, 0) is 78.0 Å². The summed E-state index contributed by atoms with van der Waals surface area (Å²) in [5.41, 5.74) is 8.03. The molecule has 1 aliphatic carbocycles. The summed E-state index contributed by atoms with van der Waals surface area (Å²) in [5.74, 6) is 0.691. The van der Waals surface area contributed by atoms with Crippen LogP contribution in [-0.2, 0) is 11.3 Å². The molecule has 4 rings (SSSR count). The third-order valence-electron chi connectivity index (χ3n) is 7.02. The van der Waals surface area contributed by atoms with Gasteiger partial charge in [-0.3, -0.25) is 9.69 Å². The van der Waals surface area contributed by atoms with Crippen molar-refractivity contribution in [3.8, 4) is 5.75 Å². The molecule has 0 spiro atoms. The highest BCUT2D eigenvalue weighted by molar-refractivity contribution is 5.99. The third kappa shape index (κ3) is 5.43. The standard InChI is InChI=1S/C26H40N4O4/c1-17(2)33-23-15-21-18(14-22(23)27)16-30(24(21)31)20-8-6-19(7-9-20)28-10-12-29(13-11-28)25(32)34-26(3,4)5/h14-15,17,19-20H,6-13,16,27H2,1-5H3. The van der Waals surface area contributed by atoms with Crippen molar-refractivity contribution >= 4 is 17.7 Å². The van der Waals surface area contributed by atoms with Crippen LogP contribution >= 0.6 is 0 Å². The number of anilines is 1. The summed E-state index contributed by atoms with van der Waals surface area (Å²) in [6.07, 6.45) is 3.94. The molecule has 1 saturated heterocycles. The normalized spacial score (nSPS) is 23.9. The Bertz CT molecular complexity index is 910. The van der Waals surface area contributed by atoms with Gasteiger partial charge in [0.15, 0.2) is 0 Å². The highest BCUT2D eigenvalue weighted by Gasteiger charge is 2.37. The van der Waals surface area contributed by atoms with E-state index in [0.29, 0.717) is 37.1 Å². The number of nitrogen functional groups attached to an aromatic ring is 1. The average Bonchev–Trinajstić information content (AvgIpc) is 3.08. The molecule has 2 aliphatic heterocycles. The van der Waals surface area contributed by atoms with Crippen molar-refractivity contribution in [1.82, 2.24) is 14.7 Å². The summed E-state index contributed by atoms with van der Waals surface area (Å²) in [7, 11) is 0. The number of hydrogen-bond donors (Lipinski definition) is 1. The first-order chi connectivity index (χ1) is 16.0. The first kappa shape index (κ1) is 24.6. The van der Waals surface area contributed by atoms with Crippen LogP contribution in [0.3, 0.4) is 0 Å². The van der Waals surface area contributed by atoms with Gasteiger partial charge in [0.2, 0.25) is 0 Å². The molecule has 2 fully saturated rings. The van der Waals surface area contributed by atoms with Crippen molar-refractivity contribution < 1.29 is 19.1 Å². The lowest BCUT2D eigenvalue weighted by Gasteiger charge is -2.43. The molecule has 3 aliphatic rings. The molecule has 8 nitrogen and oxygen atoms in total. The fraction of sp³-hybridized carbons (Fsp3) is 0.692. The van der Waals surface area contributed by atoms with Crippen molar-refractivity contribution in [1.29, 1.82) is 0 Å². The van der Waals surface area contributed by atoms with Crippen LogP contribution < -0.4 is 10.5 Å². The summed E-state index contributed by atoms with van der Waals surface area (Å²) >= 11 is 0. The van der Waals surface area contributed by atoms with E-state index in [0.717, 1.165) is 49.9 Å². The maximum Gasteiger partial charge on any atom is 0.410 e. The van der Waals surface area contributed by atoms with Crippen molar-refractivity contribution in [2.75, 3.05) is 31.9 Å². The molecule has 0 atom stereocenters. The van der Waals surface area contributed by atoms with E-state index in [1.54, 1.807) is 0 Å². The van der Waals surface area contributed by atoms with Crippen LogP contribution in [-0.4, -0.2) is 76.7 Å². The molecule has 1 saturated carbocycles. The number of ether oxygens (including phenoxy) is 2. The van der Waals surface area contributed by atoms with Gasteiger partial charge in [0, 0.05) is 50.4 Å². The van der Waals surface area contributed by atoms with Crippen LogP contribution in [0, 0.1) is 0 Å². The number of nitrogens with zero attached hydrogens (tertiary/aromatic N) is 3. The van der Waals surface area contributed by atoms with Crippen molar-refractivity contribution in [2.24, 2.45) is 0 Å². The van der Waals surface area contributed by atoms with E-state index in [1.807, 2.05) is 56.6 Å². The first-order valence-corrected chi connectivity index (χ1v) is 12.6. The Morgan fingerprint density at radius 2 is 1.65 bits per heavy atom. The van der Waals surface area contributed by atoms with Gasteiger partial charge in [-0.1, -0.05) is 0 Å². The SMILES string of the molecule is CC(C)Oc1cc2c(cc1N)CN(C1CCC(N3CCN(C(=O)OC(C)(C)C)CC3)CC1)C2=O. The van der Waals surface area contributed by atoms with E-state index in [4.69, 9.17) is 15.2 Å². The highest BCUT2D eigenvalue weighted by Crippen LogP contribution is 2.36. The number of rotatable bonds is 4. The quantitative estimate of drug-likeness (QED) is 0.669. The molecule has 2 heterocycles. The number of amides is 2. The van der Waals surface area contributed by atoms with Gasteiger partial charge in [-0.2, -0.15) is 0 Å². The lowest BCUT2D eigenvalue weighted by Crippen LogP contribution is -2.54. The molecule has 1 aromatic carbocycles. The van der Waals surface area contributed by atoms with Gasteiger partial charge in [-0.15, -0.1) is 0 Å². The van der Waals surface area contributed by atoms with E-state index in [9.17, 15) is 9.59 Å². The average molecular weight is 473 g/mol. The van der Waals surface area contributed by atoms with E-state index in [-0.39, 0.29) is 24.1 Å². The van der Waals surface area contributed by atoms with Crippen LogP contribution in [0.25, 0.3) is 0 Å². The predicted octanol–water partition coefficient (Wildman–Crippen LogP) is 3.88. The van der Waals surface area contributed by atoms with Gasteiger partial charge in [0.25, 0.3) is 5.91 Å². The maximum atomic E-state index is 13.2. The number of benzene rings is 1. The first-order valence-electron chi connectivity index (χ1n) is 12.6. The molecule has 0 aromatic heterocycles. The zero-order valence-corrected chi connectivity index (χ0v) is 21.3. The summed E-state index contributed by atoms with van der Waals surface area (Å²) < 4.78 is 11.3. The maximum absolute atomic E-state index is 13.2. The Kier molecular flexibility index (Phi) is 6.99. The summed E-state index contributed by atoms with van der Waals surface area (Å²) in [4.78, 5) is 31.9. The monoisotopic (exact) mass is 472 g/mol. The Labute approximate surface area is 203 Å². The second-order valence-electron chi connectivity index (χ2n) is 11.1. The zero-order valence-electron chi connectivity index (χ0n) is 21.3. The molecule has 34 heavy (non-hydrogen) atoms. The fourth-order valence-corrected chi connectivity index (χ4v) is 5.37. The summed E-state index contributed by atoms with van der Waals surface area (Å²) in [6, 6.07) is 4.50. The summed E-state index contributed by atoms with van der Waals surface area (Å²) in [5, 5.41) is 0. The Balaban J connectivity index is 1.29. The second-order valence-corrected chi connectivity index (χ2v) is 11.1. The molecule has 8 heteroatoms. The minimum absolute atomic E-state index is 0.00855. The third-order valence-corrected chi connectivity index (χ3v) is 7.02. The lowest BCUT2D eigenvalue weighted by atomic mass is 9.89. The molecular formula is C26H40N4O4. The number of fused-ring (bicyclic) bond motifs is 1. The Morgan fingerprint density at radius 3 is 2.24 bits per heavy atom. The fourth-order valence-electron chi connectivity index (χ4n) is 5.37. The lowest BCUT2D eigenvalue weighted by molar-refractivity contribution is 0.00614. The second kappa shape index (κ2) is 9.64. The van der Waals surface area contributed by atoms with Crippen molar-refractivity contribution in [2.45, 2.75) is 90.6 Å². The van der Waals surface area contributed by atoms with E-state index < -0.39 is 5.60 Å². The Morgan fingerprint density at radius 1 is 1.03 bits per heavy atom. The van der Waals surface area contributed by atoms with Gasteiger partial charge in [0.1, 0.15) is 11.4 Å². The van der Waals surface area contributed by atoms with Crippen LogP contribution in [0.2, 0.25) is 0 Å². The number of piperazine rings is 1. The number of nitrogens with two attached hydrogens (primary N) is 1. The van der Waals surface area contributed by atoms with Crippen LogP contribution in [0.4, 0.5) is 10.5 Å². The van der Waals surface area contributed by atoms with Gasteiger partial charge < -0.3 is 25.0 Å². The minimum Gasteiger partial charge on any atom is -0.489 e. The van der Waals surface area contributed by atoms with Gasteiger partial charge in [-0.25, -0.2) is 4.79 Å². The smallest absolute Gasteiger partial charge is 0.410 e. The van der Waals surface area contributed by atoms with Crippen LogP contribution in [0.15, 0.2) is 12.1 Å². The number of carbonyl (C=O) groups excluding carboxylic acids is 2. The van der Waals surface area contributed by atoms with E-state index >= 15 is 0 Å². The van der Waals surface area contributed by atoms with Crippen LogP contribution in [0.5, 0.6) is 5.75 Å². The largest absolute Gasteiger partial charge is 0.489 e. The molecule has 0 radical (unpaired) electrons. The van der Waals surface area contributed by atoms with Gasteiger partial charge in [0.05, 0.1) is 11.8 Å². The minimum atomic E-state index is -0.464. The number of carbonyl (C=O) groups is 2. The molecule has 2 amide bonds. The highest BCUT2D eigenvalue weighted by atomic mass is 16.6. The topological polar surface area (TPSA) is 88.3 Å². The van der Waals surface area contributed by atoms with Crippen molar-refractivity contribution in [3.05, 3.63) is 23.3 Å². The number of hydrogen-bond acceptors (Lipinski definition) is 6. The van der Waals surface area contributed by atoms with Gasteiger partial charge >= 0.3 is 6.09 Å². The van der Waals surface area contributed by atoms with Crippen molar-refractivity contribution in [3.63, 3.8) is 0 Å². The molecule has 0 unspecified atom stereocenters.